The highest BCUT2D eigenvalue weighted by molar-refractivity contribution is 6.06. The predicted octanol–water partition coefficient (Wildman–Crippen LogP) is -1.29. The van der Waals surface area contributed by atoms with E-state index >= 15 is 0 Å². The highest BCUT2D eigenvalue weighted by Gasteiger charge is 2.43. The summed E-state index contributed by atoms with van der Waals surface area (Å²) in [6, 6.07) is 0.261. The molecule has 0 aromatic heterocycles. The number of piperazine rings is 1. The summed E-state index contributed by atoms with van der Waals surface area (Å²) < 4.78 is 0. The first kappa shape index (κ1) is 11.8. The van der Waals surface area contributed by atoms with Crippen molar-refractivity contribution >= 4 is 17.8 Å². The van der Waals surface area contributed by atoms with E-state index in [1.54, 1.807) is 18.7 Å². The van der Waals surface area contributed by atoms with Crippen LogP contribution in [-0.2, 0) is 9.59 Å². The summed E-state index contributed by atoms with van der Waals surface area (Å²) >= 11 is 0. The van der Waals surface area contributed by atoms with Gasteiger partial charge in [0, 0.05) is 0 Å². The van der Waals surface area contributed by atoms with E-state index in [1.807, 2.05) is 0 Å². The fraction of sp³-hybridized carbons (Fsp3) is 0.700. The highest BCUT2D eigenvalue weighted by Crippen LogP contribution is 2.25. The van der Waals surface area contributed by atoms with Crippen LogP contribution in [0.25, 0.3) is 0 Å². The second kappa shape index (κ2) is 3.99. The molecule has 2 amide bonds. The largest absolute Gasteiger partial charge is 0.318 e. The number of aliphatic imine (C=N–C) groups is 1. The predicted molar refractivity (Wildman–Crippen MR) is 61.7 cm³/mol. The minimum Gasteiger partial charge on any atom is -0.318 e. The molecule has 0 aromatic rings. The maximum Gasteiger partial charge on any atom is 0.252 e. The van der Waals surface area contributed by atoms with E-state index in [4.69, 9.17) is 5.84 Å². The lowest BCUT2D eigenvalue weighted by molar-refractivity contribution is -0.142. The van der Waals surface area contributed by atoms with Crippen LogP contribution in [0.4, 0.5) is 0 Å². The summed E-state index contributed by atoms with van der Waals surface area (Å²) in [5.41, 5.74) is 1.64. The van der Waals surface area contributed by atoms with Crippen molar-refractivity contribution < 1.29 is 9.59 Å². The van der Waals surface area contributed by atoms with E-state index in [2.05, 4.69) is 15.7 Å². The normalized spacial score (nSPS) is 24.6. The summed E-state index contributed by atoms with van der Waals surface area (Å²) in [5, 5.41) is 2.30. The average molecular weight is 239 g/mol. The van der Waals surface area contributed by atoms with Gasteiger partial charge in [0.05, 0.1) is 6.04 Å². The van der Waals surface area contributed by atoms with Gasteiger partial charge in [-0.15, -0.1) is 0 Å². The molecule has 7 heteroatoms. The molecule has 0 aromatic carbocycles. The van der Waals surface area contributed by atoms with Gasteiger partial charge in [-0.2, -0.15) is 0 Å². The van der Waals surface area contributed by atoms with Gasteiger partial charge in [0.25, 0.3) is 5.91 Å². The van der Waals surface area contributed by atoms with E-state index < -0.39 is 5.54 Å². The fourth-order valence-electron chi connectivity index (χ4n) is 1.68. The average Bonchev–Trinajstić information content (AvgIpc) is 3.04. The topological polar surface area (TPSA) is 99.8 Å². The van der Waals surface area contributed by atoms with Gasteiger partial charge in [-0.25, -0.2) is 10.8 Å². The van der Waals surface area contributed by atoms with Crippen molar-refractivity contribution in [3.05, 3.63) is 0 Å². The van der Waals surface area contributed by atoms with Crippen LogP contribution in [0.5, 0.6) is 0 Å². The third-order valence-corrected chi connectivity index (χ3v) is 3.02. The first-order valence-electron chi connectivity index (χ1n) is 5.61. The lowest BCUT2D eigenvalue weighted by Crippen LogP contribution is -2.68. The van der Waals surface area contributed by atoms with Gasteiger partial charge < -0.3 is 4.90 Å². The van der Waals surface area contributed by atoms with Crippen molar-refractivity contribution in [1.82, 2.24) is 15.6 Å². The van der Waals surface area contributed by atoms with Gasteiger partial charge in [0.2, 0.25) is 11.9 Å². The fourth-order valence-corrected chi connectivity index (χ4v) is 1.68. The molecule has 0 radical (unpaired) electrons. The Bertz CT molecular complexity index is 386. The van der Waals surface area contributed by atoms with Gasteiger partial charge in [-0.05, 0) is 26.7 Å². The van der Waals surface area contributed by atoms with Crippen LogP contribution in [0.3, 0.4) is 0 Å². The molecule has 1 saturated heterocycles. The van der Waals surface area contributed by atoms with E-state index in [1.165, 1.54) is 0 Å². The van der Waals surface area contributed by atoms with E-state index in [0.717, 1.165) is 12.8 Å². The molecule has 0 bridgehead atoms. The summed E-state index contributed by atoms with van der Waals surface area (Å²) in [6.07, 6.45) is 2.05. The van der Waals surface area contributed by atoms with Gasteiger partial charge >= 0.3 is 0 Å². The number of hydrogen-bond donors (Lipinski definition) is 3. The van der Waals surface area contributed by atoms with Crippen LogP contribution < -0.4 is 16.6 Å². The molecule has 1 heterocycles. The Morgan fingerprint density at radius 2 is 2.18 bits per heavy atom. The SMILES string of the molecule is CC1(C)C(=O)NC(=O)CN1C(=NC1CC1)NN. The maximum atomic E-state index is 11.8. The zero-order valence-corrected chi connectivity index (χ0v) is 9.99. The maximum absolute atomic E-state index is 11.8. The number of rotatable bonds is 1. The minimum absolute atomic E-state index is 0.0779. The summed E-state index contributed by atoms with van der Waals surface area (Å²) in [7, 11) is 0. The zero-order valence-electron chi connectivity index (χ0n) is 9.99. The molecule has 0 unspecified atom stereocenters. The number of carbonyl (C=O) groups is 2. The Morgan fingerprint density at radius 3 is 2.71 bits per heavy atom. The molecule has 2 rings (SSSR count). The monoisotopic (exact) mass is 239 g/mol. The molecule has 2 fully saturated rings. The van der Waals surface area contributed by atoms with Crippen LogP contribution in [0.2, 0.25) is 0 Å². The van der Waals surface area contributed by atoms with Crippen molar-refractivity contribution in [2.45, 2.75) is 38.3 Å². The quantitative estimate of drug-likeness (QED) is 0.174. The molecule has 7 nitrogen and oxygen atoms in total. The van der Waals surface area contributed by atoms with Crippen molar-refractivity contribution in [3.63, 3.8) is 0 Å². The van der Waals surface area contributed by atoms with Crippen molar-refractivity contribution in [2.75, 3.05) is 6.54 Å². The van der Waals surface area contributed by atoms with Crippen molar-refractivity contribution in [2.24, 2.45) is 10.8 Å². The van der Waals surface area contributed by atoms with Crippen LogP contribution >= 0.6 is 0 Å². The zero-order chi connectivity index (χ0) is 12.6. The Balaban J connectivity index is 2.26. The second-order valence-electron chi connectivity index (χ2n) is 4.85. The molecule has 94 valence electrons. The van der Waals surface area contributed by atoms with Crippen LogP contribution in [0, 0.1) is 0 Å². The number of guanidine groups is 1. The molecule has 0 spiro atoms. The summed E-state index contributed by atoms with van der Waals surface area (Å²) in [6.45, 7) is 3.54. The van der Waals surface area contributed by atoms with Crippen molar-refractivity contribution in [3.8, 4) is 0 Å². The molecular weight excluding hydrogens is 222 g/mol. The lowest BCUT2D eigenvalue weighted by atomic mass is 9.99. The number of nitrogens with one attached hydrogen (secondary N) is 2. The number of imide groups is 1. The third kappa shape index (κ3) is 2.23. The number of nitrogens with zero attached hydrogens (tertiary/aromatic N) is 2. The number of carbonyl (C=O) groups excluding carboxylic acids is 2. The number of hydrogen-bond acceptors (Lipinski definition) is 4. The Morgan fingerprint density at radius 1 is 1.53 bits per heavy atom. The number of amides is 2. The molecule has 1 saturated carbocycles. The summed E-state index contributed by atoms with van der Waals surface area (Å²) in [5.74, 6) is 5.15. The minimum atomic E-state index is -0.839. The molecule has 17 heavy (non-hydrogen) atoms. The Kier molecular flexibility index (Phi) is 2.78. The molecular formula is C10H17N5O2. The Labute approximate surface area is 99.4 Å². The second-order valence-corrected chi connectivity index (χ2v) is 4.85. The molecule has 4 N–H and O–H groups in total. The van der Waals surface area contributed by atoms with E-state index in [0.29, 0.717) is 5.96 Å². The van der Waals surface area contributed by atoms with Gasteiger partial charge in [0.1, 0.15) is 12.1 Å². The van der Waals surface area contributed by atoms with Gasteiger partial charge in [-0.1, -0.05) is 0 Å². The van der Waals surface area contributed by atoms with E-state index in [9.17, 15) is 9.59 Å². The standard InChI is InChI=1S/C10H17N5O2/c1-10(2)8(17)13-7(16)5-15(10)9(14-11)12-6-3-4-6/h6H,3-5,11H2,1-2H3,(H,12,14)(H,13,16,17). The van der Waals surface area contributed by atoms with Crippen LogP contribution in [0.1, 0.15) is 26.7 Å². The van der Waals surface area contributed by atoms with Gasteiger partial charge in [-0.3, -0.25) is 20.3 Å². The first-order valence-corrected chi connectivity index (χ1v) is 5.61. The van der Waals surface area contributed by atoms with E-state index in [-0.39, 0.29) is 24.4 Å². The number of nitrogens with two attached hydrogens (primary N) is 1. The van der Waals surface area contributed by atoms with Crippen LogP contribution in [-0.4, -0.2) is 40.8 Å². The lowest BCUT2D eigenvalue weighted by Gasteiger charge is -2.41. The molecule has 2 aliphatic rings. The molecule has 0 atom stereocenters. The number of hydrazine groups is 1. The molecule has 1 aliphatic carbocycles. The van der Waals surface area contributed by atoms with Crippen molar-refractivity contribution in [1.29, 1.82) is 0 Å². The molecule has 1 aliphatic heterocycles. The summed E-state index contributed by atoms with van der Waals surface area (Å²) in [4.78, 5) is 29.1. The Hall–Kier alpha value is -1.63. The third-order valence-electron chi connectivity index (χ3n) is 3.02. The highest BCUT2D eigenvalue weighted by atomic mass is 16.2. The smallest absolute Gasteiger partial charge is 0.252 e. The van der Waals surface area contributed by atoms with Gasteiger partial charge in [0.15, 0.2) is 0 Å². The first-order chi connectivity index (χ1) is 7.95. The van der Waals surface area contributed by atoms with Crippen LogP contribution in [0.15, 0.2) is 4.99 Å².